The van der Waals surface area contributed by atoms with Crippen LogP contribution in [-0.2, 0) is 4.79 Å². The number of nitrogens with one attached hydrogen (secondary N) is 3. The molecule has 1 aromatic heterocycles. The van der Waals surface area contributed by atoms with E-state index in [1.165, 1.54) is 0 Å². The van der Waals surface area contributed by atoms with Crippen molar-refractivity contribution >= 4 is 17.3 Å². The number of ketones is 1. The summed E-state index contributed by atoms with van der Waals surface area (Å²) in [5.74, 6) is -0.0340. The predicted molar refractivity (Wildman–Crippen MR) is 109 cm³/mol. The molecule has 7 heteroatoms. The van der Waals surface area contributed by atoms with Crippen LogP contribution in [0.4, 0.5) is 11.5 Å². The highest BCUT2D eigenvalue weighted by atomic mass is 16.2. The number of carbonyl (C=O) groups excluding carboxylic acids is 1. The van der Waals surface area contributed by atoms with Gasteiger partial charge in [0.05, 0.1) is 5.56 Å². The molecule has 1 aromatic carbocycles. The fourth-order valence-electron chi connectivity index (χ4n) is 4.29. The molecule has 1 aliphatic heterocycles. The van der Waals surface area contributed by atoms with Crippen LogP contribution >= 0.6 is 0 Å². The van der Waals surface area contributed by atoms with Gasteiger partial charge in [-0.05, 0) is 44.4 Å². The number of aromatic amines is 2. The van der Waals surface area contributed by atoms with Gasteiger partial charge in [0.1, 0.15) is 5.82 Å². The molecular weight excluding hydrogens is 356 g/mol. The van der Waals surface area contributed by atoms with Crippen LogP contribution in [0.5, 0.6) is 0 Å². The summed E-state index contributed by atoms with van der Waals surface area (Å²) in [5.41, 5.74) is 2.80. The number of rotatable bonds is 4. The second kappa shape index (κ2) is 7.14. The second-order valence-corrected chi connectivity index (χ2v) is 7.19. The van der Waals surface area contributed by atoms with Gasteiger partial charge in [-0.25, -0.2) is 4.79 Å². The molecule has 0 radical (unpaired) electrons. The number of Topliss-reactive ketones (excluding diaryl/α,β-unsaturated/α-hetero) is 1. The predicted octanol–water partition coefficient (Wildman–Crippen LogP) is 2.47. The van der Waals surface area contributed by atoms with Crippen LogP contribution in [0.15, 0.2) is 45.1 Å². The van der Waals surface area contributed by atoms with Crippen molar-refractivity contribution in [2.24, 2.45) is 0 Å². The normalized spacial score (nSPS) is 18.4. The third-order valence-electron chi connectivity index (χ3n) is 5.64. The number of benzene rings is 1. The fourth-order valence-corrected chi connectivity index (χ4v) is 4.29. The zero-order valence-corrected chi connectivity index (χ0v) is 16.1. The number of carbonyl (C=O) groups is 1. The van der Waals surface area contributed by atoms with Crippen LogP contribution in [0.1, 0.15) is 50.2 Å². The fraction of sp³-hybridized carbons (Fsp3) is 0.381. The average molecular weight is 380 g/mol. The van der Waals surface area contributed by atoms with Gasteiger partial charge in [0.15, 0.2) is 5.78 Å². The van der Waals surface area contributed by atoms with Crippen molar-refractivity contribution in [2.45, 2.75) is 39.0 Å². The maximum atomic E-state index is 12.8. The lowest BCUT2D eigenvalue weighted by molar-refractivity contribution is -0.116. The molecule has 0 saturated carbocycles. The summed E-state index contributed by atoms with van der Waals surface area (Å²) in [7, 11) is 0. The largest absolute Gasteiger partial charge is 0.372 e. The smallest absolute Gasteiger partial charge is 0.327 e. The number of anilines is 2. The molecule has 28 heavy (non-hydrogen) atoms. The zero-order chi connectivity index (χ0) is 19.8. The summed E-state index contributed by atoms with van der Waals surface area (Å²) >= 11 is 0. The maximum Gasteiger partial charge on any atom is 0.327 e. The lowest BCUT2D eigenvalue weighted by atomic mass is 9.76. The van der Waals surface area contributed by atoms with Gasteiger partial charge >= 0.3 is 5.69 Å². The molecule has 0 amide bonds. The molecule has 2 aliphatic rings. The second-order valence-electron chi connectivity index (χ2n) is 7.19. The molecule has 2 aromatic rings. The number of aromatic nitrogens is 2. The Morgan fingerprint density at radius 3 is 2.39 bits per heavy atom. The topological polar surface area (TPSA) is 98.1 Å². The quantitative estimate of drug-likeness (QED) is 0.757. The molecule has 146 valence electrons. The number of hydrogen-bond donors (Lipinski definition) is 3. The molecule has 0 fully saturated rings. The van der Waals surface area contributed by atoms with E-state index >= 15 is 0 Å². The Morgan fingerprint density at radius 2 is 1.71 bits per heavy atom. The lowest BCUT2D eigenvalue weighted by Crippen LogP contribution is -2.36. The molecule has 7 nitrogen and oxygen atoms in total. The average Bonchev–Trinajstić information content (AvgIpc) is 2.68. The van der Waals surface area contributed by atoms with E-state index in [1.54, 1.807) is 0 Å². The van der Waals surface area contributed by atoms with Crippen molar-refractivity contribution in [1.29, 1.82) is 0 Å². The Hall–Kier alpha value is -3.09. The molecule has 1 atom stereocenters. The summed E-state index contributed by atoms with van der Waals surface area (Å²) in [6, 6.07) is 8.00. The Kier molecular flexibility index (Phi) is 4.66. The van der Waals surface area contributed by atoms with Gasteiger partial charge in [-0.1, -0.05) is 12.1 Å². The SMILES string of the molecule is CCN(CC)c1ccc([C@H]2C3=C(CCCC3=O)Nc3[nH]c(=O)[nH]c(=O)c32)cc1. The van der Waals surface area contributed by atoms with E-state index in [2.05, 4.69) is 34.0 Å². The Labute approximate surface area is 162 Å². The van der Waals surface area contributed by atoms with Gasteiger partial charge in [0.2, 0.25) is 0 Å². The zero-order valence-electron chi connectivity index (χ0n) is 16.1. The molecule has 0 spiro atoms. The highest BCUT2D eigenvalue weighted by molar-refractivity contribution is 6.00. The van der Waals surface area contributed by atoms with Crippen LogP contribution in [0.25, 0.3) is 0 Å². The van der Waals surface area contributed by atoms with E-state index in [0.717, 1.165) is 42.9 Å². The Morgan fingerprint density at radius 1 is 1.00 bits per heavy atom. The third-order valence-corrected chi connectivity index (χ3v) is 5.64. The molecule has 0 unspecified atom stereocenters. The number of fused-ring (bicyclic) bond motifs is 1. The first-order valence-corrected chi connectivity index (χ1v) is 9.78. The monoisotopic (exact) mass is 380 g/mol. The number of hydrogen-bond acceptors (Lipinski definition) is 5. The first-order valence-electron chi connectivity index (χ1n) is 9.78. The summed E-state index contributed by atoms with van der Waals surface area (Å²) in [6.07, 6.45) is 1.97. The van der Waals surface area contributed by atoms with E-state index in [0.29, 0.717) is 23.4 Å². The van der Waals surface area contributed by atoms with E-state index in [1.807, 2.05) is 24.3 Å². The first kappa shape index (κ1) is 18.3. The van der Waals surface area contributed by atoms with Crippen molar-refractivity contribution in [1.82, 2.24) is 9.97 Å². The van der Waals surface area contributed by atoms with E-state index < -0.39 is 17.2 Å². The van der Waals surface area contributed by atoms with Gasteiger partial charge in [-0.15, -0.1) is 0 Å². The van der Waals surface area contributed by atoms with Crippen LogP contribution in [0.3, 0.4) is 0 Å². The van der Waals surface area contributed by atoms with Crippen LogP contribution in [0.2, 0.25) is 0 Å². The van der Waals surface area contributed by atoms with Crippen LogP contribution in [0, 0.1) is 0 Å². The Balaban J connectivity index is 1.88. The maximum absolute atomic E-state index is 12.8. The van der Waals surface area contributed by atoms with E-state index in [4.69, 9.17) is 0 Å². The van der Waals surface area contributed by atoms with Gasteiger partial charge < -0.3 is 10.2 Å². The van der Waals surface area contributed by atoms with E-state index in [9.17, 15) is 14.4 Å². The minimum absolute atomic E-state index is 0.0582. The first-order chi connectivity index (χ1) is 13.5. The van der Waals surface area contributed by atoms with Gasteiger partial charge in [-0.2, -0.15) is 0 Å². The molecular formula is C21H24N4O3. The van der Waals surface area contributed by atoms with Crippen LogP contribution < -0.4 is 21.5 Å². The molecule has 2 heterocycles. The summed E-state index contributed by atoms with van der Waals surface area (Å²) < 4.78 is 0. The summed E-state index contributed by atoms with van der Waals surface area (Å²) in [5, 5.41) is 3.13. The molecule has 0 saturated heterocycles. The summed E-state index contributed by atoms with van der Waals surface area (Å²) in [4.78, 5) is 44.4. The molecule has 4 rings (SSSR count). The minimum atomic E-state index is -0.557. The third kappa shape index (κ3) is 2.96. The van der Waals surface area contributed by atoms with Gasteiger partial charge in [-0.3, -0.25) is 19.6 Å². The number of allylic oxidation sites excluding steroid dienone is 2. The van der Waals surface area contributed by atoms with Crippen molar-refractivity contribution in [3.05, 3.63) is 67.5 Å². The number of H-pyrrole nitrogens is 2. The molecule has 3 N–H and O–H groups in total. The standard InChI is InChI=1S/C21H24N4O3/c1-3-25(4-2)13-10-8-12(9-11-13)16-17-14(6-5-7-15(17)26)22-19-18(16)20(27)24-21(28)23-19/h8-11,16H,3-7H2,1-2H3,(H3,22,23,24,27,28)/t16-/m0/s1. The van der Waals surface area contributed by atoms with Crippen molar-refractivity contribution in [3.63, 3.8) is 0 Å². The van der Waals surface area contributed by atoms with Crippen LogP contribution in [-0.4, -0.2) is 28.8 Å². The molecule has 0 bridgehead atoms. The number of nitrogens with zero attached hydrogens (tertiary/aromatic N) is 1. The van der Waals surface area contributed by atoms with Gasteiger partial charge in [0, 0.05) is 42.4 Å². The molecule has 1 aliphatic carbocycles. The van der Waals surface area contributed by atoms with Crippen molar-refractivity contribution in [3.8, 4) is 0 Å². The lowest BCUT2D eigenvalue weighted by Gasteiger charge is -2.33. The summed E-state index contributed by atoms with van der Waals surface area (Å²) in [6.45, 7) is 6.02. The van der Waals surface area contributed by atoms with Crippen molar-refractivity contribution < 1.29 is 4.79 Å². The van der Waals surface area contributed by atoms with Crippen molar-refractivity contribution in [2.75, 3.05) is 23.3 Å². The highest BCUT2D eigenvalue weighted by Gasteiger charge is 2.37. The highest BCUT2D eigenvalue weighted by Crippen LogP contribution is 2.43. The minimum Gasteiger partial charge on any atom is -0.372 e. The Bertz CT molecular complexity index is 1060. The van der Waals surface area contributed by atoms with Gasteiger partial charge in [0.25, 0.3) is 5.56 Å². The van der Waals surface area contributed by atoms with E-state index in [-0.39, 0.29) is 5.78 Å².